The minimum atomic E-state index is 0.0650. The molecule has 19 heavy (non-hydrogen) atoms. The van der Waals surface area contributed by atoms with Gasteiger partial charge < -0.3 is 4.90 Å². The van der Waals surface area contributed by atoms with Crippen molar-refractivity contribution in [2.75, 3.05) is 0 Å². The molecule has 112 valence electrons. The molecule has 3 heteroatoms. The summed E-state index contributed by atoms with van der Waals surface area (Å²) in [5.74, 6) is 0.337. The van der Waals surface area contributed by atoms with Gasteiger partial charge in [-0.05, 0) is 26.2 Å². The van der Waals surface area contributed by atoms with Crippen LogP contribution in [0.2, 0.25) is 0 Å². The van der Waals surface area contributed by atoms with Gasteiger partial charge in [-0.25, -0.2) is 0 Å². The molecule has 1 heterocycles. The van der Waals surface area contributed by atoms with Crippen molar-refractivity contribution in [2.45, 2.75) is 97.3 Å². The summed E-state index contributed by atoms with van der Waals surface area (Å²) in [4.78, 5) is 14.7. The topological polar surface area (TPSA) is 32.3 Å². The number of rotatable bonds is 9. The van der Waals surface area contributed by atoms with Gasteiger partial charge in [0, 0.05) is 6.04 Å². The Balaban J connectivity index is 2.61. The molecule has 0 spiro atoms. The molecule has 1 N–H and O–H groups in total. The number of amides is 1. The molecule has 1 rings (SSSR count). The third-order valence-corrected chi connectivity index (χ3v) is 4.12. The van der Waals surface area contributed by atoms with Crippen molar-refractivity contribution in [1.82, 2.24) is 10.2 Å². The molecule has 0 radical (unpaired) electrons. The SMILES string of the molecule is CCCCCC(C)N1C(=O)C(CCC)NC1CCC. The van der Waals surface area contributed by atoms with E-state index >= 15 is 0 Å². The maximum atomic E-state index is 12.5. The van der Waals surface area contributed by atoms with E-state index in [-0.39, 0.29) is 12.2 Å². The van der Waals surface area contributed by atoms with Crippen molar-refractivity contribution in [2.24, 2.45) is 0 Å². The van der Waals surface area contributed by atoms with Crippen LogP contribution in [0.4, 0.5) is 0 Å². The largest absolute Gasteiger partial charge is 0.323 e. The normalized spacial score (nSPS) is 25.1. The molecular formula is C16H32N2O. The molecule has 1 saturated heterocycles. The van der Waals surface area contributed by atoms with Crippen LogP contribution in [0.3, 0.4) is 0 Å². The van der Waals surface area contributed by atoms with Gasteiger partial charge in [-0.3, -0.25) is 10.1 Å². The van der Waals surface area contributed by atoms with E-state index in [1.54, 1.807) is 0 Å². The number of nitrogens with one attached hydrogen (secondary N) is 1. The minimum absolute atomic E-state index is 0.0650. The lowest BCUT2D eigenvalue weighted by atomic mass is 10.1. The quantitative estimate of drug-likeness (QED) is 0.647. The second-order valence-corrected chi connectivity index (χ2v) is 5.90. The van der Waals surface area contributed by atoms with Crippen molar-refractivity contribution in [3.05, 3.63) is 0 Å². The second-order valence-electron chi connectivity index (χ2n) is 5.90. The zero-order valence-corrected chi connectivity index (χ0v) is 13.2. The Bertz CT molecular complexity index is 267. The molecule has 0 aromatic heterocycles. The van der Waals surface area contributed by atoms with E-state index in [1.165, 1.54) is 19.3 Å². The van der Waals surface area contributed by atoms with Gasteiger partial charge in [-0.2, -0.15) is 0 Å². The lowest BCUT2D eigenvalue weighted by Gasteiger charge is -2.30. The van der Waals surface area contributed by atoms with Crippen molar-refractivity contribution < 1.29 is 4.79 Å². The smallest absolute Gasteiger partial charge is 0.241 e. The van der Waals surface area contributed by atoms with Crippen LogP contribution in [0.1, 0.15) is 79.1 Å². The average molecular weight is 268 g/mol. The van der Waals surface area contributed by atoms with Crippen molar-refractivity contribution >= 4 is 5.91 Å². The van der Waals surface area contributed by atoms with Crippen molar-refractivity contribution in [3.8, 4) is 0 Å². The molecule has 3 atom stereocenters. The first-order chi connectivity index (χ1) is 9.15. The fourth-order valence-electron chi connectivity index (χ4n) is 3.06. The Morgan fingerprint density at radius 2 is 1.79 bits per heavy atom. The Labute approximate surface area is 119 Å². The molecular weight excluding hydrogens is 236 g/mol. The summed E-state index contributed by atoms with van der Waals surface area (Å²) < 4.78 is 0. The molecule has 1 aliphatic rings. The Kier molecular flexibility index (Phi) is 7.44. The summed E-state index contributed by atoms with van der Waals surface area (Å²) in [5.41, 5.74) is 0. The molecule has 1 amide bonds. The fourth-order valence-corrected chi connectivity index (χ4v) is 3.06. The van der Waals surface area contributed by atoms with Crippen LogP contribution in [0.5, 0.6) is 0 Å². The van der Waals surface area contributed by atoms with Crippen LogP contribution in [-0.4, -0.2) is 29.1 Å². The third-order valence-electron chi connectivity index (χ3n) is 4.12. The summed E-state index contributed by atoms with van der Waals surface area (Å²) in [6.45, 7) is 8.78. The molecule has 1 fully saturated rings. The number of hydrogen-bond acceptors (Lipinski definition) is 2. The van der Waals surface area contributed by atoms with Gasteiger partial charge in [0.05, 0.1) is 12.2 Å². The zero-order chi connectivity index (χ0) is 14.3. The Hall–Kier alpha value is -0.570. The van der Waals surface area contributed by atoms with Crippen molar-refractivity contribution in [1.29, 1.82) is 0 Å². The Morgan fingerprint density at radius 3 is 2.37 bits per heavy atom. The van der Waals surface area contributed by atoms with Gasteiger partial charge in [0.1, 0.15) is 0 Å². The zero-order valence-electron chi connectivity index (χ0n) is 13.2. The van der Waals surface area contributed by atoms with Gasteiger partial charge in [-0.1, -0.05) is 52.9 Å². The standard InChI is InChI=1S/C16H32N2O/c1-5-8-9-12-13(4)18-15(11-7-3)17-14(10-6-2)16(18)19/h13-15,17H,5-12H2,1-4H3. The van der Waals surface area contributed by atoms with Gasteiger partial charge >= 0.3 is 0 Å². The monoisotopic (exact) mass is 268 g/mol. The van der Waals surface area contributed by atoms with E-state index in [2.05, 4.69) is 37.9 Å². The number of carbonyl (C=O) groups excluding carboxylic acids is 1. The van der Waals surface area contributed by atoms with Crippen LogP contribution in [0.15, 0.2) is 0 Å². The lowest BCUT2D eigenvalue weighted by Crippen LogP contribution is -2.43. The Morgan fingerprint density at radius 1 is 1.11 bits per heavy atom. The van der Waals surface area contributed by atoms with Gasteiger partial charge in [0.15, 0.2) is 0 Å². The molecule has 0 bridgehead atoms. The van der Waals surface area contributed by atoms with Crippen LogP contribution in [-0.2, 0) is 4.79 Å². The molecule has 1 aliphatic heterocycles. The second kappa shape index (κ2) is 8.57. The summed E-state index contributed by atoms with van der Waals surface area (Å²) in [6, 6.07) is 0.445. The van der Waals surface area contributed by atoms with Gasteiger partial charge in [-0.15, -0.1) is 0 Å². The van der Waals surface area contributed by atoms with Crippen LogP contribution in [0, 0.1) is 0 Å². The predicted molar refractivity (Wildman–Crippen MR) is 81.0 cm³/mol. The molecule has 3 unspecified atom stereocenters. The predicted octanol–water partition coefficient (Wildman–Crippen LogP) is 3.68. The highest BCUT2D eigenvalue weighted by atomic mass is 16.2. The highest BCUT2D eigenvalue weighted by molar-refractivity contribution is 5.84. The summed E-state index contributed by atoms with van der Waals surface area (Å²) in [6.07, 6.45) is 9.40. The van der Waals surface area contributed by atoms with Crippen LogP contribution >= 0.6 is 0 Å². The van der Waals surface area contributed by atoms with Crippen LogP contribution in [0.25, 0.3) is 0 Å². The van der Waals surface area contributed by atoms with Gasteiger partial charge in [0.25, 0.3) is 0 Å². The molecule has 3 nitrogen and oxygen atoms in total. The summed E-state index contributed by atoms with van der Waals surface area (Å²) >= 11 is 0. The van der Waals surface area contributed by atoms with E-state index in [1.807, 2.05) is 0 Å². The third kappa shape index (κ3) is 4.48. The van der Waals surface area contributed by atoms with Crippen LogP contribution < -0.4 is 5.32 Å². The number of hydrogen-bond donors (Lipinski definition) is 1. The fraction of sp³-hybridized carbons (Fsp3) is 0.938. The van der Waals surface area contributed by atoms with E-state index < -0.39 is 0 Å². The van der Waals surface area contributed by atoms with Gasteiger partial charge in [0.2, 0.25) is 5.91 Å². The molecule has 0 aromatic rings. The number of carbonyl (C=O) groups is 1. The molecule has 0 aromatic carbocycles. The van der Waals surface area contributed by atoms with E-state index in [0.717, 1.165) is 32.1 Å². The highest BCUT2D eigenvalue weighted by Gasteiger charge is 2.39. The van der Waals surface area contributed by atoms with E-state index in [4.69, 9.17) is 0 Å². The maximum Gasteiger partial charge on any atom is 0.241 e. The first-order valence-electron chi connectivity index (χ1n) is 8.23. The lowest BCUT2D eigenvalue weighted by molar-refractivity contribution is -0.132. The summed E-state index contributed by atoms with van der Waals surface area (Å²) in [5, 5.41) is 3.54. The molecule has 0 saturated carbocycles. The van der Waals surface area contributed by atoms with E-state index in [9.17, 15) is 4.79 Å². The van der Waals surface area contributed by atoms with Crippen molar-refractivity contribution in [3.63, 3.8) is 0 Å². The number of unbranched alkanes of at least 4 members (excludes halogenated alkanes) is 2. The first kappa shape index (κ1) is 16.5. The summed E-state index contributed by atoms with van der Waals surface area (Å²) in [7, 11) is 0. The van der Waals surface area contributed by atoms with E-state index in [0.29, 0.717) is 11.9 Å². The highest BCUT2D eigenvalue weighted by Crippen LogP contribution is 2.23. The molecule has 0 aliphatic carbocycles. The minimum Gasteiger partial charge on any atom is -0.323 e. The maximum absolute atomic E-state index is 12.5. The average Bonchev–Trinajstić information content (AvgIpc) is 2.67. The first-order valence-corrected chi connectivity index (χ1v) is 8.23. The number of nitrogens with zero attached hydrogens (tertiary/aromatic N) is 1.